The van der Waals surface area contributed by atoms with Gasteiger partial charge in [-0.15, -0.1) is 0 Å². The number of nitrogens with zero attached hydrogens (tertiary/aromatic N) is 3. The van der Waals surface area contributed by atoms with Gasteiger partial charge in [-0.2, -0.15) is 0 Å². The summed E-state index contributed by atoms with van der Waals surface area (Å²) in [6, 6.07) is 10.2. The molecule has 0 radical (unpaired) electrons. The fourth-order valence-electron chi connectivity index (χ4n) is 4.11. The van der Waals surface area contributed by atoms with Crippen molar-refractivity contribution in [3.8, 4) is 5.75 Å². The van der Waals surface area contributed by atoms with E-state index in [9.17, 15) is 5.11 Å². The van der Waals surface area contributed by atoms with Crippen LogP contribution in [0.3, 0.4) is 0 Å². The van der Waals surface area contributed by atoms with Crippen LogP contribution in [0.25, 0.3) is 0 Å². The molecule has 2 unspecified atom stereocenters. The molecule has 120 valence electrons. The zero-order chi connectivity index (χ0) is 15.9. The smallest absolute Gasteiger partial charge is 0.225 e. The second kappa shape index (κ2) is 5.49. The lowest BCUT2D eigenvalue weighted by atomic mass is 9.80. The Morgan fingerprint density at radius 2 is 1.70 bits per heavy atom. The predicted octanol–water partition coefficient (Wildman–Crippen LogP) is 2.50. The van der Waals surface area contributed by atoms with E-state index in [0.29, 0.717) is 24.9 Å². The maximum Gasteiger partial charge on any atom is 0.225 e. The Balaban J connectivity index is 1.61. The molecule has 5 heteroatoms. The zero-order valence-corrected chi connectivity index (χ0v) is 13.2. The quantitative estimate of drug-likeness (QED) is 0.944. The number of hydrogen-bond donors (Lipinski definition) is 1. The Bertz CT molecular complexity index is 660. The third-order valence-corrected chi connectivity index (χ3v) is 5.18. The zero-order valence-electron chi connectivity index (χ0n) is 13.2. The molecule has 1 N–H and O–H groups in total. The van der Waals surface area contributed by atoms with E-state index < -0.39 is 5.60 Å². The van der Waals surface area contributed by atoms with Crippen molar-refractivity contribution in [1.29, 1.82) is 0 Å². The standard InChI is InChI=1S/C18H21N3O2/c1-23-16-7-3-13(4-8-16)18(22)11-14-5-6-15(12-18)21(14)17-19-9-2-10-20-17/h2-4,7-10,14-15,22H,5-6,11-12H2,1H3. The molecule has 0 amide bonds. The minimum absolute atomic E-state index is 0.295. The summed E-state index contributed by atoms with van der Waals surface area (Å²) in [6.45, 7) is 0. The molecule has 2 bridgehead atoms. The lowest BCUT2D eigenvalue weighted by Gasteiger charge is -2.44. The molecule has 5 nitrogen and oxygen atoms in total. The van der Waals surface area contributed by atoms with E-state index in [1.54, 1.807) is 19.5 Å². The van der Waals surface area contributed by atoms with Crippen molar-refractivity contribution in [3.63, 3.8) is 0 Å². The van der Waals surface area contributed by atoms with Crippen molar-refractivity contribution in [2.24, 2.45) is 0 Å². The molecule has 23 heavy (non-hydrogen) atoms. The summed E-state index contributed by atoms with van der Waals surface area (Å²) in [5.74, 6) is 1.60. The first-order chi connectivity index (χ1) is 11.2. The van der Waals surface area contributed by atoms with Crippen molar-refractivity contribution < 1.29 is 9.84 Å². The number of anilines is 1. The second-order valence-electron chi connectivity index (χ2n) is 6.51. The molecule has 2 saturated heterocycles. The summed E-state index contributed by atoms with van der Waals surface area (Å²) in [5, 5.41) is 11.2. The fourth-order valence-corrected chi connectivity index (χ4v) is 4.11. The Kier molecular flexibility index (Phi) is 3.45. The molecule has 0 spiro atoms. The molecule has 2 aromatic rings. The molecule has 2 aliphatic heterocycles. The van der Waals surface area contributed by atoms with Crippen LogP contribution in [0.15, 0.2) is 42.7 Å². The van der Waals surface area contributed by atoms with Crippen LogP contribution in [0.2, 0.25) is 0 Å². The Labute approximate surface area is 136 Å². The van der Waals surface area contributed by atoms with Crippen LogP contribution in [0, 0.1) is 0 Å². The summed E-state index contributed by atoms with van der Waals surface area (Å²) in [6.07, 6.45) is 7.17. The topological polar surface area (TPSA) is 58.5 Å². The van der Waals surface area contributed by atoms with Crippen molar-refractivity contribution in [1.82, 2.24) is 9.97 Å². The molecule has 2 atom stereocenters. The van der Waals surface area contributed by atoms with E-state index >= 15 is 0 Å². The van der Waals surface area contributed by atoms with Gasteiger partial charge in [-0.05, 0) is 36.6 Å². The van der Waals surface area contributed by atoms with E-state index in [0.717, 1.165) is 30.1 Å². The number of piperidine rings is 1. The van der Waals surface area contributed by atoms with Crippen LogP contribution in [0.5, 0.6) is 5.75 Å². The molecule has 2 fully saturated rings. The third kappa shape index (κ3) is 2.45. The number of hydrogen-bond acceptors (Lipinski definition) is 5. The summed E-state index contributed by atoms with van der Waals surface area (Å²) < 4.78 is 5.21. The van der Waals surface area contributed by atoms with Gasteiger partial charge in [0.05, 0.1) is 12.7 Å². The first-order valence-electron chi connectivity index (χ1n) is 8.12. The summed E-state index contributed by atoms with van der Waals surface area (Å²) in [5.41, 5.74) is 0.201. The van der Waals surface area contributed by atoms with Gasteiger partial charge >= 0.3 is 0 Å². The van der Waals surface area contributed by atoms with Crippen LogP contribution < -0.4 is 9.64 Å². The van der Waals surface area contributed by atoms with Crippen molar-refractivity contribution in [2.45, 2.75) is 43.4 Å². The van der Waals surface area contributed by atoms with Crippen molar-refractivity contribution in [2.75, 3.05) is 12.0 Å². The van der Waals surface area contributed by atoms with Gasteiger partial charge in [0.1, 0.15) is 5.75 Å². The van der Waals surface area contributed by atoms with E-state index in [-0.39, 0.29) is 0 Å². The van der Waals surface area contributed by atoms with Gasteiger partial charge in [-0.3, -0.25) is 0 Å². The molecule has 0 saturated carbocycles. The maximum absolute atomic E-state index is 11.2. The van der Waals surface area contributed by atoms with Gasteiger partial charge in [0.15, 0.2) is 0 Å². The van der Waals surface area contributed by atoms with Crippen LogP contribution in [0.4, 0.5) is 5.95 Å². The van der Waals surface area contributed by atoms with Gasteiger partial charge in [-0.1, -0.05) is 12.1 Å². The molecule has 1 aromatic heterocycles. The lowest BCUT2D eigenvalue weighted by molar-refractivity contribution is -0.00339. The van der Waals surface area contributed by atoms with Crippen LogP contribution >= 0.6 is 0 Å². The fraction of sp³-hybridized carbons (Fsp3) is 0.444. The first-order valence-corrected chi connectivity index (χ1v) is 8.12. The largest absolute Gasteiger partial charge is 0.497 e. The monoisotopic (exact) mass is 311 g/mol. The van der Waals surface area contributed by atoms with Crippen molar-refractivity contribution >= 4 is 5.95 Å². The van der Waals surface area contributed by atoms with E-state index in [2.05, 4.69) is 14.9 Å². The van der Waals surface area contributed by atoms with Crippen LogP contribution in [-0.4, -0.2) is 34.3 Å². The molecule has 0 aliphatic carbocycles. The Morgan fingerprint density at radius 3 is 2.26 bits per heavy atom. The van der Waals surface area contributed by atoms with Gasteiger partial charge in [-0.25, -0.2) is 9.97 Å². The molecular formula is C18H21N3O2. The van der Waals surface area contributed by atoms with Gasteiger partial charge in [0, 0.05) is 37.3 Å². The van der Waals surface area contributed by atoms with E-state index in [1.807, 2.05) is 30.3 Å². The van der Waals surface area contributed by atoms with E-state index in [4.69, 9.17) is 4.74 Å². The molecule has 2 aliphatic rings. The van der Waals surface area contributed by atoms with E-state index in [1.165, 1.54) is 0 Å². The molecular weight excluding hydrogens is 290 g/mol. The minimum atomic E-state index is -0.774. The normalized spacial score (nSPS) is 29.6. The number of ether oxygens (including phenoxy) is 1. The number of rotatable bonds is 3. The highest BCUT2D eigenvalue weighted by Gasteiger charge is 2.49. The minimum Gasteiger partial charge on any atom is -0.497 e. The van der Waals surface area contributed by atoms with Gasteiger partial charge in [0.2, 0.25) is 5.95 Å². The molecule has 3 heterocycles. The molecule has 1 aromatic carbocycles. The predicted molar refractivity (Wildman–Crippen MR) is 87.4 cm³/mol. The highest BCUT2D eigenvalue weighted by molar-refractivity contribution is 5.40. The summed E-state index contributed by atoms with van der Waals surface area (Å²) >= 11 is 0. The average Bonchev–Trinajstić information content (AvgIpc) is 2.88. The third-order valence-electron chi connectivity index (χ3n) is 5.18. The van der Waals surface area contributed by atoms with Gasteiger partial charge in [0.25, 0.3) is 0 Å². The highest BCUT2D eigenvalue weighted by atomic mass is 16.5. The van der Waals surface area contributed by atoms with Crippen molar-refractivity contribution in [3.05, 3.63) is 48.3 Å². The Hall–Kier alpha value is -2.14. The van der Waals surface area contributed by atoms with Crippen LogP contribution in [0.1, 0.15) is 31.2 Å². The number of benzene rings is 1. The number of fused-ring (bicyclic) bond motifs is 2. The first kappa shape index (κ1) is 14.5. The Morgan fingerprint density at radius 1 is 1.09 bits per heavy atom. The summed E-state index contributed by atoms with van der Waals surface area (Å²) in [7, 11) is 1.66. The number of methoxy groups -OCH3 is 1. The van der Waals surface area contributed by atoms with Crippen LogP contribution in [-0.2, 0) is 5.60 Å². The maximum atomic E-state index is 11.2. The summed E-state index contributed by atoms with van der Waals surface area (Å²) in [4.78, 5) is 11.1. The SMILES string of the molecule is COc1ccc(C2(O)CC3CCC(C2)N3c2ncccn2)cc1. The van der Waals surface area contributed by atoms with Gasteiger partial charge < -0.3 is 14.7 Å². The molecule has 4 rings (SSSR count). The second-order valence-corrected chi connectivity index (χ2v) is 6.51. The lowest BCUT2D eigenvalue weighted by Crippen LogP contribution is -2.50. The highest BCUT2D eigenvalue weighted by Crippen LogP contribution is 2.46. The number of aliphatic hydroxyl groups is 1. The average molecular weight is 311 g/mol. The number of aromatic nitrogens is 2.